The summed E-state index contributed by atoms with van der Waals surface area (Å²) in [6, 6.07) is 0. The molecule has 1 saturated carbocycles. The van der Waals surface area contributed by atoms with Crippen LogP contribution in [-0.4, -0.2) is 26.2 Å². The van der Waals surface area contributed by atoms with Crippen LogP contribution in [0.5, 0.6) is 0 Å². The predicted octanol–water partition coefficient (Wildman–Crippen LogP) is 1.30. The van der Waals surface area contributed by atoms with E-state index in [0.717, 1.165) is 12.8 Å². The summed E-state index contributed by atoms with van der Waals surface area (Å²) in [4.78, 5) is 22.8. The highest BCUT2D eigenvalue weighted by Crippen LogP contribution is 2.31. The lowest BCUT2D eigenvalue weighted by Gasteiger charge is -2.16. The average Bonchev–Trinajstić information content (AvgIpc) is 3.01. The summed E-state index contributed by atoms with van der Waals surface area (Å²) in [7, 11) is 2.55. The highest BCUT2D eigenvalue weighted by Gasteiger charge is 2.33. The molecule has 0 radical (unpaired) electrons. The van der Waals surface area contributed by atoms with Crippen molar-refractivity contribution in [1.82, 2.24) is 0 Å². The third-order valence-electron chi connectivity index (χ3n) is 2.47. The molecule has 1 unspecified atom stereocenters. The topological polar surface area (TPSA) is 52.6 Å². The number of carbonyl (C=O) groups is 2. The number of carbonyl (C=O) groups excluding carboxylic acids is 2. The molecule has 0 saturated heterocycles. The summed E-state index contributed by atoms with van der Waals surface area (Å²) in [5.74, 6) is -2.07. The van der Waals surface area contributed by atoms with Gasteiger partial charge in [-0.3, -0.25) is 9.59 Å². The molecule has 1 aliphatic carbocycles. The largest absolute Gasteiger partial charge is 0.468 e. The van der Waals surface area contributed by atoms with E-state index in [4.69, 9.17) is 0 Å². The van der Waals surface area contributed by atoms with Gasteiger partial charge in [-0.05, 0) is 18.8 Å². The van der Waals surface area contributed by atoms with Crippen molar-refractivity contribution in [3.05, 3.63) is 11.6 Å². The zero-order chi connectivity index (χ0) is 11.4. The van der Waals surface area contributed by atoms with Crippen LogP contribution in [0, 0.1) is 11.8 Å². The van der Waals surface area contributed by atoms with Crippen LogP contribution < -0.4 is 0 Å². The third kappa shape index (κ3) is 3.08. The lowest BCUT2D eigenvalue weighted by molar-refractivity contribution is -0.160. The molecule has 1 rings (SSSR count). The predicted molar refractivity (Wildman–Crippen MR) is 54.0 cm³/mol. The van der Waals surface area contributed by atoms with Gasteiger partial charge in [0.25, 0.3) is 0 Å². The molecule has 1 fully saturated rings. The van der Waals surface area contributed by atoms with Crippen LogP contribution in [0.3, 0.4) is 0 Å². The van der Waals surface area contributed by atoms with Crippen LogP contribution in [-0.2, 0) is 19.1 Å². The molecular weight excluding hydrogens is 196 g/mol. The zero-order valence-corrected chi connectivity index (χ0v) is 9.28. The van der Waals surface area contributed by atoms with E-state index in [1.54, 1.807) is 0 Å². The highest BCUT2D eigenvalue weighted by atomic mass is 16.5. The number of ether oxygens (including phenoxy) is 2. The molecule has 0 spiro atoms. The van der Waals surface area contributed by atoms with Gasteiger partial charge in [0.1, 0.15) is 0 Å². The van der Waals surface area contributed by atoms with Crippen molar-refractivity contribution in [3.63, 3.8) is 0 Å². The Morgan fingerprint density at radius 1 is 1.20 bits per heavy atom. The first-order valence-corrected chi connectivity index (χ1v) is 4.95. The van der Waals surface area contributed by atoms with Crippen LogP contribution in [0.15, 0.2) is 11.6 Å². The summed E-state index contributed by atoms with van der Waals surface area (Å²) in [6.07, 6.45) is 4.09. The second-order valence-electron chi connectivity index (χ2n) is 3.71. The van der Waals surface area contributed by atoms with Gasteiger partial charge in [0.2, 0.25) is 0 Å². The van der Waals surface area contributed by atoms with Gasteiger partial charge < -0.3 is 9.47 Å². The van der Waals surface area contributed by atoms with Gasteiger partial charge in [0.15, 0.2) is 5.92 Å². The van der Waals surface area contributed by atoms with Gasteiger partial charge in [0, 0.05) is 0 Å². The Morgan fingerprint density at radius 3 is 2.00 bits per heavy atom. The van der Waals surface area contributed by atoms with Crippen molar-refractivity contribution >= 4 is 11.9 Å². The van der Waals surface area contributed by atoms with Crippen LogP contribution in [0.1, 0.15) is 19.8 Å². The molecule has 0 amide bonds. The minimum atomic E-state index is -0.840. The van der Waals surface area contributed by atoms with Crippen molar-refractivity contribution in [2.75, 3.05) is 14.2 Å². The maximum atomic E-state index is 11.4. The molecule has 15 heavy (non-hydrogen) atoms. The minimum absolute atomic E-state index is 0.164. The van der Waals surface area contributed by atoms with Crippen molar-refractivity contribution in [1.29, 1.82) is 0 Å². The first kappa shape index (κ1) is 11.8. The molecular formula is C11H16O4. The second-order valence-corrected chi connectivity index (χ2v) is 3.71. The third-order valence-corrected chi connectivity index (χ3v) is 2.47. The van der Waals surface area contributed by atoms with Crippen LogP contribution in [0.4, 0.5) is 0 Å². The molecule has 4 nitrogen and oxygen atoms in total. The van der Waals surface area contributed by atoms with Crippen LogP contribution >= 0.6 is 0 Å². The maximum absolute atomic E-state index is 11.4. The molecule has 0 aromatic carbocycles. The van der Waals surface area contributed by atoms with E-state index >= 15 is 0 Å². The number of methoxy groups -OCH3 is 2. The maximum Gasteiger partial charge on any atom is 0.320 e. The van der Waals surface area contributed by atoms with E-state index in [1.807, 2.05) is 13.0 Å². The van der Waals surface area contributed by atoms with E-state index < -0.39 is 17.9 Å². The van der Waals surface area contributed by atoms with Gasteiger partial charge in [-0.2, -0.15) is 0 Å². The summed E-state index contributed by atoms with van der Waals surface area (Å²) in [5.41, 5.74) is 1.29. The second kappa shape index (κ2) is 4.96. The van der Waals surface area contributed by atoms with Crippen molar-refractivity contribution in [2.45, 2.75) is 19.8 Å². The quantitative estimate of drug-likeness (QED) is 0.400. The summed E-state index contributed by atoms with van der Waals surface area (Å²) >= 11 is 0. The number of rotatable bonds is 4. The van der Waals surface area contributed by atoms with E-state index in [9.17, 15) is 9.59 Å². The van der Waals surface area contributed by atoms with E-state index in [1.165, 1.54) is 19.8 Å². The Labute approximate surface area is 89.2 Å². The number of hydrogen-bond donors (Lipinski definition) is 0. The number of allylic oxidation sites excluding steroid dienone is 2. The minimum Gasteiger partial charge on any atom is -0.468 e. The molecule has 0 aliphatic heterocycles. The monoisotopic (exact) mass is 212 g/mol. The Balaban J connectivity index is 2.74. The summed E-state index contributed by atoms with van der Waals surface area (Å²) < 4.78 is 9.18. The Hall–Kier alpha value is -1.32. The molecule has 0 heterocycles. The Bertz CT molecular complexity index is 271. The summed E-state index contributed by atoms with van der Waals surface area (Å²) in [6.45, 7) is 1.82. The first-order chi connectivity index (χ1) is 7.10. The fourth-order valence-corrected chi connectivity index (χ4v) is 1.49. The average molecular weight is 212 g/mol. The fourth-order valence-electron chi connectivity index (χ4n) is 1.49. The molecule has 0 N–H and O–H groups in total. The molecule has 0 aromatic rings. The van der Waals surface area contributed by atoms with Gasteiger partial charge in [-0.1, -0.05) is 18.6 Å². The van der Waals surface area contributed by atoms with E-state index in [-0.39, 0.29) is 5.92 Å². The highest BCUT2D eigenvalue weighted by molar-refractivity contribution is 5.95. The standard InChI is InChI=1S/C11H16O4/c1-7(6-8-4-5-8)9(10(12)14-2)11(13)15-3/h6-7,9H,4-5H2,1-3H3. The van der Waals surface area contributed by atoms with E-state index in [2.05, 4.69) is 9.47 Å². The SMILES string of the molecule is COC(=O)C(C(=O)OC)C(C)C=C1CC1. The van der Waals surface area contributed by atoms with Crippen molar-refractivity contribution in [3.8, 4) is 0 Å². The van der Waals surface area contributed by atoms with Crippen LogP contribution in [0.25, 0.3) is 0 Å². The van der Waals surface area contributed by atoms with Gasteiger partial charge in [-0.15, -0.1) is 0 Å². The van der Waals surface area contributed by atoms with E-state index in [0.29, 0.717) is 0 Å². The smallest absolute Gasteiger partial charge is 0.320 e. The van der Waals surface area contributed by atoms with Crippen molar-refractivity contribution < 1.29 is 19.1 Å². The van der Waals surface area contributed by atoms with Gasteiger partial charge in [-0.25, -0.2) is 0 Å². The fraction of sp³-hybridized carbons (Fsp3) is 0.636. The molecule has 1 atom stereocenters. The van der Waals surface area contributed by atoms with Crippen molar-refractivity contribution in [2.24, 2.45) is 11.8 Å². The normalized spacial score (nSPS) is 15.9. The molecule has 4 heteroatoms. The first-order valence-electron chi connectivity index (χ1n) is 4.95. The molecule has 0 aromatic heterocycles. The van der Waals surface area contributed by atoms with Gasteiger partial charge >= 0.3 is 11.9 Å². The summed E-state index contributed by atoms with van der Waals surface area (Å²) in [5, 5.41) is 0. The molecule has 84 valence electrons. The lowest BCUT2D eigenvalue weighted by Crippen LogP contribution is -2.31. The number of hydrogen-bond acceptors (Lipinski definition) is 4. The molecule has 1 aliphatic rings. The van der Waals surface area contributed by atoms with Crippen LogP contribution in [0.2, 0.25) is 0 Å². The Morgan fingerprint density at radius 2 is 1.67 bits per heavy atom. The lowest BCUT2D eigenvalue weighted by atomic mass is 9.93. The Kier molecular flexibility index (Phi) is 3.88. The number of esters is 2. The zero-order valence-electron chi connectivity index (χ0n) is 9.28. The molecule has 0 bridgehead atoms. The van der Waals surface area contributed by atoms with Gasteiger partial charge in [0.05, 0.1) is 14.2 Å².